The van der Waals surface area contributed by atoms with Crippen molar-refractivity contribution in [3.05, 3.63) is 69.8 Å². The van der Waals surface area contributed by atoms with Gasteiger partial charge in [0.05, 0.1) is 19.3 Å². The summed E-state index contributed by atoms with van der Waals surface area (Å²) in [6.07, 6.45) is 9.51. The van der Waals surface area contributed by atoms with E-state index in [0.29, 0.717) is 41.9 Å². The lowest BCUT2D eigenvalue weighted by Gasteiger charge is -2.56. The summed E-state index contributed by atoms with van der Waals surface area (Å²) >= 11 is 0. The van der Waals surface area contributed by atoms with Crippen molar-refractivity contribution in [1.82, 2.24) is 0 Å². The molecule has 7 nitrogen and oxygen atoms in total. The summed E-state index contributed by atoms with van der Waals surface area (Å²) < 4.78 is 6.52. The van der Waals surface area contributed by atoms with Gasteiger partial charge in [-0.2, -0.15) is 4.89 Å². The van der Waals surface area contributed by atoms with Crippen LogP contribution in [0.1, 0.15) is 83.1 Å². The van der Waals surface area contributed by atoms with Gasteiger partial charge in [-0.3, -0.25) is 0 Å². The van der Waals surface area contributed by atoms with E-state index in [9.17, 15) is 20.4 Å². The number of ether oxygens (including phenoxy) is 1. The van der Waals surface area contributed by atoms with Crippen LogP contribution in [0.4, 0.5) is 0 Å². The molecule has 0 amide bonds. The van der Waals surface area contributed by atoms with E-state index in [-0.39, 0.29) is 17.4 Å². The summed E-state index contributed by atoms with van der Waals surface area (Å²) in [4.78, 5) is 10.5. The molecule has 1 fully saturated rings. The molecule has 0 spiro atoms. The monoisotopic (exact) mass is 578 g/mol. The first-order chi connectivity index (χ1) is 19.7. The number of aromatic hydroxyl groups is 2. The quantitative estimate of drug-likeness (QED) is 0.111. The summed E-state index contributed by atoms with van der Waals surface area (Å²) in [5.41, 5.74) is 4.13. The number of rotatable bonds is 9. The fraction of sp³-hybridized carbons (Fsp3) is 0.486. The zero-order valence-corrected chi connectivity index (χ0v) is 25.9. The van der Waals surface area contributed by atoms with Crippen LogP contribution in [0, 0.1) is 11.3 Å². The van der Waals surface area contributed by atoms with Crippen molar-refractivity contribution in [1.29, 1.82) is 0 Å². The third-order valence-electron chi connectivity index (χ3n) is 8.90. The molecule has 228 valence electrons. The lowest BCUT2D eigenvalue weighted by molar-refractivity contribution is -0.197. The van der Waals surface area contributed by atoms with Crippen LogP contribution in [0.3, 0.4) is 0 Å². The highest BCUT2D eigenvalue weighted by atomic mass is 17.2. The van der Waals surface area contributed by atoms with Gasteiger partial charge < -0.3 is 30.1 Å². The molecule has 4 N–H and O–H groups in total. The van der Waals surface area contributed by atoms with Gasteiger partial charge in [-0.05, 0) is 94.3 Å². The standard InChI is InChI=1S/C35H46O7/c1-21(2)9-8-10-22(3)11-14-26-27(36)16-24(17-28(26)37)13-12-23-15-25-19-31-34(4,5)33(39)29(38)20-35(31,6)41-32(25)30(18-23)42-40-7/h9,11-13,15-18,29,31,33,36-39H,8,10,14,19-20H2,1-7H3/b13-12+,22-11+/t29-,31+,33-,35+/m1/s1. The Kier molecular flexibility index (Phi) is 9.46. The van der Waals surface area contributed by atoms with E-state index >= 15 is 0 Å². The Morgan fingerprint density at radius 2 is 1.62 bits per heavy atom. The van der Waals surface area contributed by atoms with Gasteiger partial charge in [-0.15, -0.1) is 0 Å². The Hall–Kier alpha value is -3.26. The maximum absolute atomic E-state index is 10.8. The van der Waals surface area contributed by atoms with Gasteiger partial charge in [0.15, 0.2) is 5.75 Å². The number of aliphatic hydroxyl groups excluding tert-OH is 2. The Morgan fingerprint density at radius 3 is 2.24 bits per heavy atom. The van der Waals surface area contributed by atoms with Crippen molar-refractivity contribution < 1.29 is 34.9 Å². The SMILES string of the molecule is COOc1cc(/C=C/c2cc(O)c(C/C=C(\C)CCC=C(C)C)c(O)c2)cc2c1O[C@@]1(C)C[C@@H](O)[C@@H](O)C(C)(C)[C@@H]1C2. The predicted molar refractivity (Wildman–Crippen MR) is 166 cm³/mol. The van der Waals surface area contributed by atoms with Crippen molar-refractivity contribution >= 4 is 12.2 Å². The van der Waals surface area contributed by atoms with Gasteiger partial charge in [0, 0.05) is 23.3 Å². The van der Waals surface area contributed by atoms with Gasteiger partial charge in [0.2, 0.25) is 5.75 Å². The number of allylic oxidation sites excluding steroid dienone is 4. The molecule has 7 heteroatoms. The topological polar surface area (TPSA) is 109 Å². The minimum atomic E-state index is -0.886. The maximum atomic E-state index is 10.8. The summed E-state index contributed by atoms with van der Waals surface area (Å²) in [6, 6.07) is 7.11. The van der Waals surface area contributed by atoms with Crippen LogP contribution < -0.4 is 9.62 Å². The number of phenols is 2. The smallest absolute Gasteiger partial charge is 0.208 e. The van der Waals surface area contributed by atoms with Gasteiger partial charge in [-0.25, -0.2) is 0 Å². The number of hydrogen-bond donors (Lipinski definition) is 4. The second-order valence-corrected chi connectivity index (χ2v) is 12.9. The first-order valence-electron chi connectivity index (χ1n) is 14.7. The van der Waals surface area contributed by atoms with Gasteiger partial charge in [0.1, 0.15) is 17.1 Å². The number of aliphatic hydroxyl groups is 2. The number of phenolic OH excluding ortho intramolecular Hbond substituents is 2. The Bertz CT molecular complexity index is 1360. The summed E-state index contributed by atoms with van der Waals surface area (Å²) in [5.74, 6) is 1.03. The van der Waals surface area contributed by atoms with Gasteiger partial charge in [0.25, 0.3) is 0 Å². The molecule has 4 rings (SSSR count). The van der Waals surface area contributed by atoms with Crippen LogP contribution in [0.15, 0.2) is 47.6 Å². The molecule has 2 aromatic carbocycles. The van der Waals surface area contributed by atoms with E-state index in [0.717, 1.165) is 24.0 Å². The first kappa shape index (κ1) is 31.7. The lowest BCUT2D eigenvalue weighted by Crippen LogP contribution is -2.63. The molecular weight excluding hydrogens is 532 g/mol. The molecule has 2 aliphatic rings. The Labute approximate surface area is 249 Å². The maximum Gasteiger partial charge on any atom is 0.208 e. The second-order valence-electron chi connectivity index (χ2n) is 12.9. The molecule has 42 heavy (non-hydrogen) atoms. The summed E-state index contributed by atoms with van der Waals surface area (Å²) in [7, 11) is 1.43. The summed E-state index contributed by atoms with van der Waals surface area (Å²) in [5, 5.41) is 42.8. The Morgan fingerprint density at radius 1 is 0.976 bits per heavy atom. The van der Waals surface area contributed by atoms with E-state index in [2.05, 4.69) is 26.8 Å². The molecule has 4 atom stereocenters. The van der Waals surface area contributed by atoms with Crippen molar-refractivity contribution in [2.75, 3.05) is 7.11 Å². The highest BCUT2D eigenvalue weighted by molar-refractivity contribution is 5.73. The molecule has 1 saturated carbocycles. The van der Waals surface area contributed by atoms with Crippen molar-refractivity contribution in [3.63, 3.8) is 0 Å². The lowest BCUT2D eigenvalue weighted by atomic mass is 9.57. The summed E-state index contributed by atoms with van der Waals surface area (Å²) in [6.45, 7) is 12.2. The second kappa shape index (κ2) is 12.5. The Balaban J connectivity index is 1.58. The average molecular weight is 579 g/mol. The molecule has 0 saturated heterocycles. The largest absolute Gasteiger partial charge is 0.507 e. The van der Waals surface area contributed by atoms with E-state index in [1.807, 2.05) is 45.1 Å². The van der Waals surface area contributed by atoms with E-state index < -0.39 is 23.2 Å². The van der Waals surface area contributed by atoms with Crippen LogP contribution in [-0.4, -0.2) is 45.3 Å². The van der Waals surface area contributed by atoms with Crippen LogP contribution in [0.25, 0.3) is 12.2 Å². The van der Waals surface area contributed by atoms with Gasteiger partial charge in [-0.1, -0.05) is 49.3 Å². The highest BCUT2D eigenvalue weighted by Crippen LogP contribution is 2.55. The third-order valence-corrected chi connectivity index (χ3v) is 8.90. The predicted octanol–water partition coefficient (Wildman–Crippen LogP) is 6.91. The molecule has 0 aromatic heterocycles. The minimum Gasteiger partial charge on any atom is -0.507 e. The molecule has 1 aliphatic heterocycles. The minimum absolute atomic E-state index is 0.0446. The van der Waals surface area contributed by atoms with Crippen molar-refractivity contribution in [2.24, 2.45) is 11.3 Å². The van der Waals surface area contributed by atoms with Crippen LogP contribution in [0.2, 0.25) is 0 Å². The number of benzene rings is 2. The fourth-order valence-corrected chi connectivity index (χ4v) is 6.53. The number of fused-ring (bicyclic) bond motifs is 2. The molecule has 0 unspecified atom stereocenters. The van der Waals surface area contributed by atoms with E-state index in [1.165, 1.54) is 18.3 Å². The first-order valence-corrected chi connectivity index (χ1v) is 14.7. The van der Waals surface area contributed by atoms with Crippen LogP contribution in [-0.2, 0) is 17.7 Å². The van der Waals surface area contributed by atoms with Crippen LogP contribution >= 0.6 is 0 Å². The number of hydrogen-bond acceptors (Lipinski definition) is 7. The zero-order chi connectivity index (χ0) is 30.8. The fourth-order valence-electron chi connectivity index (χ4n) is 6.53. The molecule has 1 heterocycles. The van der Waals surface area contributed by atoms with Gasteiger partial charge >= 0.3 is 0 Å². The molecule has 1 aliphatic carbocycles. The average Bonchev–Trinajstić information content (AvgIpc) is 2.90. The van der Waals surface area contributed by atoms with E-state index in [4.69, 9.17) is 14.5 Å². The normalized spacial score (nSPS) is 25.0. The van der Waals surface area contributed by atoms with E-state index in [1.54, 1.807) is 18.2 Å². The molecule has 2 aromatic rings. The zero-order valence-electron chi connectivity index (χ0n) is 25.9. The van der Waals surface area contributed by atoms with Crippen molar-refractivity contribution in [3.8, 4) is 23.0 Å². The molecule has 0 bridgehead atoms. The van der Waals surface area contributed by atoms with Crippen LogP contribution in [0.5, 0.6) is 23.0 Å². The molecule has 0 radical (unpaired) electrons. The highest BCUT2D eigenvalue weighted by Gasteiger charge is 2.58. The third kappa shape index (κ3) is 6.69. The molecular formula is C35H46O7. The van der Waals surface area contributed by atoms with Crippen molar-refractivity contribution in [2.45, 2.75) is 91.5 Å².